The van der Waals surface area contributed by atoms with Crippen molar-refractivity contribution in [2.45, 2.75) is 44.4 Å². The van der Waals surface area contributed by atoms with Crippen molar-refractivity contribution in [3.8, 4) is 6.07 Å². The third-order valence-electron chi connectivity index (χ3n) is 4.32. The van der Waals surface area contributed by atoms with Crippen molar-refractivity contribution in [3.05, 3.63) is 35.4 Å². The zero-order valence-corrected chi connectivity index (χ0v) is 11.2. The molecule has 1 saturated heterocycles. The second-order valence-electron chi connectivity index (χ2n) is 5.54. The maximum Gasteiger partial charge on any atom is 0.0991 e. The molecule has 3 heteroatoms. The van der Waals surface area contributed by atoms with Crippen molar-refractivity contribution in [2.75, 3.05) is 13.2 Å². The zero-order chi connectivity index (χ0) is 13.1. The van der Waals surface area contributed by atoms with E-state index in [0.717, 1.165) is 25.3 Å². The third-order valence-corrected chi connectivity index (χ3v) is 4.32. The molecule has 0 spiro atoms. The van der Waals surface area contributed by atoms with E-state index >= 15 is 0 Å². The number of hydrogen-bond acceptors (Lipinski definition) is 3. The van der Waals surface area contributed by atoms with E-state index in [1.54, 1.807) is 0 Å². The SMILES string of the molecule is N#Cc1ccc(CN2CCO[C@@H]3CCCC[C@H]32)cc1. The van der Waals surface area contributed by atoms with Gasteiger partial charge in [-0.05, 0) is 30.5 Å². The molecule has 1 aliphatic heterocycles. The third kappa shape index (κ3) is 2.80. The molecule has 0 unspecified atom stereocenters. The van der Waals surface area contributed by atoms with Crippen LogP contribution in [0.4, 0.5) is 0 Å². The van der Waals surface area contributed by atoms with Gasteiger partial charge in [-0.2, -0.15) is 5.26 Å². The summed E-state index contributed by atoms with van der Waals surface area (Å²) in [6.45, 7) is 2.87. The Labute approximate surface area is 114 Å². The van der Waals surface area contributed by atoms with Crippen LogP contribution in [0.1, 0.15) is 36.8 Å². The highest BCUT2D eigenvalue weighted by Gasteiger charge is 2.33. The maximum atomic E-state index is 8.83. The number of fused-ring (bicyclic) bond motifs is 1. The molecule has 0 radical (unpaired) electrons. The van der Waals surface area contributed by atoms with E-state index in [9.17, 15) is 0 Å². The van der Waals surface area contributed by atoms with Crippen molar-refractivity contribution in [3.63, 3.8) is 0 Å². The van der Waals surface area contributed by atoms with Gasteiger partial charge in [0.25, 0.3) is 0 Å². The van der Waals surface area contributed by atoms with Crippen LogP contribution in [0.25, 0.3) is 0 Å². The first kappa shape index (κ1) is 12.7. The topological polar surface area (TPSA) is 36.3 Å². The Hall–Kier alpha value is -1.37. The first-order chi connectivity index (χ1) is 9.36. The number of nitriles is 1. The minimum Gasteiger partial charge on any atom is -0.375 e. The molecule has 1 aromatic carbocycles. The van der Waals surface area contributed by atoms with Crippen LogP contribution in [0.3, 0.4) is 0 Å². The summed E-state index contributed by atoms with van der Waals surface area (Å²) in [4.78, 5) is 2.56. The lowest BCUT2D eigenvalue weighted by Crippen LogP contribution is -2.52. The first-order valence-electron chi connectivity index (χ1n) is 7.21. The van der Waals surface area contributed by atoms with Crippen LogP contribution in [-0.2, 0) is 11.3 Å². The monoisotopic (exact) mass is 256 g/mol. The predicted octanol–water partition coefficient (Wildman–Crippen LogP) is 2.70. The number of morpholine rings is 1. The van der Waals surface area contributed by atoms with Gasteiger partial charge in [-0.3, -0.25) is 4.90 Å². The quantitative estimate of drug-likeness (QED) is 0.816. The highest BCUT2D eigenvalue weighted by Crippen LogP contribution is 2.29. The molecule has 0 amide bonds. The van der Waals surface area contributed by atoms with Gasteiger partial charge < -0.3 is 4.74 Å². The average Bonchev–Trinajstić information content (AvgIpc) is 2.48. The highest BCUT2D eigenvalue weighted by atomic mass is 16.5. The maximum absolute atomic E-state index is 8.83. The molecule has 3 nitrogen and oxygen atoms in total. The fraction of sp³-hybridized carbons (Fsp3) is 0.562. The van der Waals surface area contributed by atoms with Gasteiger partial charge in [-0.25, -0.2) is 0 Å². The lowest BCUT2D eigenvalue weighted by Gasteiger charge is -2.43. The minimum atomic E-state index is 0.445. The molecule has 2 aliphatic rings. The van der Waals surface area contributed by atoms with Crippen LogP contribution in [0.5, 0.6) is 0 Å². The van der Waals surface area contributed by atoms with Gasteiger partial charge in [0.2, 0.25) is 0 Å². The van der Waals surface area contributed by atoms with Crippen LogP contribution in [0, 0.1) is 11.3 Å². The molecule has 0 aromatic heterocycles. The van der Waals surface area contributed by atoms with Gasteiger partial charge in [0.05, 0.1) is 24.3 Å². The van der Waals surface area contributed by atoms with E-state index in [4.69, 9.17) is 10.00 Å². The summed E-state index contributed by atoms with van der Waals surface area (Å²) in [5.74, 6) is 0. The van der Waals surface area contributed by atoms with E-state index in [1.807, 2.05) is 12.1 Å². The fourth-order valence-corrected chi connectivity index (χ4v) is 3.29. The van der Waals surface area contributed by atoms with Crippen molar-refractivity contribution < 1.29 is 4.74 Å². The molecule has 2 fully saturated rings. The second-order valence-corrected chi connectivity index (χ2v) is 5.54. The molecular weight excluding hydrogens is 236 g/mol. The number of ether oxygens (including phenoxy) is 1. The van der Waals surface area contributed by atoms with Gasteiger partial charge in [-0.1, -0.05) is 25.0 Å². The molecule has 3 rings (SSSR count). The van der Waals surface area contributed by atoms with E-state index in [1.165, 1.54) is 31.2 Å². The van der Waals surface area contributed by atoms with Gasteiger partial charge >= 0.3 is 0 Å². The molecule has 1 saturated carbocycles. The lowest BCUT2D eigenvalue weighted by molar-refractivity contribution is -0.0911. The van der Waals surface area contributed by atoms with E-state index in [-0.39, 0.29) is 0 Å². The lowest BCUT2D eigenvalue weighted by atomic mass is 9.90. The Balaban J connectivity index is 1.68. The van der Waals surface area contributed by atoms with Crippen LogP contribution in [0.2, 0.25) is 0 Å². The largest absolute Gasteiger partial charge is 0.375 e. The molecule has 100 valence electrons. The standard InChI is InChI=1S/C16H20N2O/c17-11-13-5-7-14(8-6-13)12-18-9-10-19-16-4-2-1-3-15(16)18/h5-8,15-16H,1-4,9-10,12H2/t15-,16-/m1/s1. The normalized spacial score (nSPS) is 27.5. The average molecular weight is 256 g/mol. The van der Waals surface area contributed by atoms with Gasteiger partial charge in [0.1, 0.15) is 0 Å². The Morgan fingerprint density at radius 3 is 2.79 bits per heavy atom. The van der Waals surface area contributed by atoms with Crippen molar-refractivity contribution in [2.24, 2.45) is 0 Å². The van der Waals surface area contributed by atoms with Crippen LogP contribution in [0.15, 0.2) is 24.3 Å². The summed E-state index contributed by atoms with van der Waals surface area (Å²) in [5.41, 5.74) is 2.03. The Kier molecular flexibility index (Phi) is 3.82. The summed E-state index contributed by atoms with van der Waals surface area (Å²) in [7, 11) is 0. The summed E-state index contributed by atoms with van der Waals surface area (Å²) < 4.78 is 5.90. The van der Waals surface area contributed by atoms with Crippen molar-refractivity contribution in [1.82, 2.24) is 4.90 Å². The van der Waals surface area contributed by atoms with Crippen LogP contribution in [-0.4, -0.2) is 30.2 Å². The highest BCUT2D eigenvalue weighted by molar-refractivity contribution is 5.31. The molecule has 2 atom stereocenters. The first-order valence-corrected chi connectivity index (χ1v) is 7.21. The number of hydrogen-bond donors (Lipinski definition) is 0. The summed E-state index contributed by atoms with van der Waals surface area (Å²) in [5, 5.41) is 8.83. The second kappa shape index (κ2) is 5.73. The molecule has 1 heterocycles. The Bertz CT molecular complexity index is 461. The number of rotatable bonds is 2. The van der Waals surface area contributed by atoms with Gasteiger partial charge in [0, 0.05) is 19.1 Å². The Morgan fingerprint density at radius 2 is 2.00 bits per heavy atom. The molecule has 0 N–H and O–H groups in total. The molecule has 19 heavy (non-hydrogen) atoms. The van der Waals surface area contributed by atoms with Gasteiger partial charge in [0.15, 0.2) is 0 Å². The van der Waals surface area contributed by atoms with Crippen molar-refractivity contribution in [1.29, 1.82) is 5.26 Å². The molecule has 0 bridgehead atoms. The predicted molar refractivity (Wildman–Crippen MR) is 73.6 cm³/mol. The molecular formula is C16H20N2O. The van der Waals surface area contributed by atoms with E-state index in [2.05, 4.69) is 23.1 Å². The number of benzene rings is 1. The molecule has 1 aliphatic carbocycles. The smallest absolute Gasteiger partial charge is 0.0991 e. The molecule has 1 aromatic rings. The zero-order valence-electron chi connectivity index (χ0n) is 11.2. The Morgan fingerprint density at radius 1 is 1.21 bits per heavy atom. The summed E-state index contributed by atoms with van der Waals surface area (Å²) >= 11 is 0. The summed E-state index contributed by atoms with van der Waals surface area (Å²) in [6.07, 6.45) is 5.57. The van der Waals surface area contributed by atoms with Crippen LogP contribution < -0.4 is 0 Å². The van der Waals surface area contributed by atoms with E-state index in [0.29, 0.717) is 12.1 Å². The number of nitrogens with zero attached hydrogens (tertiary/aromatic N) is 2. The van der Waals surface area contributed by atoms with Crippen molar-refractivity contribution >= 4 is 0 Å². The van der Waals surface area contributed by atoms with Crippen LogP contribution >= 0.6 is 0 Å². The summed E-state index contributed by atoms with van der Waals surface area (Å²) in [6, 6.07) is 10.7. The fourth-order valence-electron chi connectivity index (χ4n) is 3.29. The van der Waals surface area contributed by atoms with Gasteiger partial charge in [-0.15, -0.1) is 0 Å². The minimum absolute atomic E-state index is 0.445. The van der Waals surface area contributed by atoms with E-state index < -0.39 is 0 Å².